The van der Waals surface area contributed by atoms with Gasteiger partial charge < -0.3 is 23.7 Å². The van der Waals surface area contributed by atoms with Crippen LogP contribution in [0, 0.1) is 11.8 Å². The monoisotopic (exact) mass is 656 g/mol. The average molecular weight is 657 g/mol. The molecule has 0 aliphatic carbocycles. The summed E-state index contributed by atoms with van der Waals surface area (Å²) in [6, 6.07) is 48.9. The van der Waals surface area contributed by atoms with Crippen molar-refractivity contribution in [3.63, 3.8) is 0 Å². The van der Waals surface area contributed by atoms with Gasteiger partial charge in [-0.15, -0.1) is 0 Å². The molecule has 0 N–H and O–H groups in total. The molecule has 0 amide bonds. The Morgan fingerprint density at radius 2 is 0.918 bits per heavy atom. The molecule has 0 saturated carbocycles. The molecule has 1 aliphatic rings. The van der Waals surface area contributed by atoms with Crippen molar-refractivity contribution >= 4 is 0 Å². The Morgan fingerprint density at radius 3 is 1.41 bits per heavy atom. The molecule has 0 bridgehead atoms. The van der Waals surface area contributed by atoms with Crippen molar-refractivity contribution in [1.82, 2.24) is 0 Å². The zero-order valence-corrected chi connectivity index (χ0v) is 27.4. The highest BCUT2D eigenvalue weighted by atomic mass is 19.1. The molecular weight excluding hydrogens is 615 g/mol. The molecule has 0 aromatic heterocycles. The summed E-state index contributed by atoms with van der Waals surface area (Å²) in [7, 11) is 0. The molecule has 6 heteroatoms. The van der Waals surface area contributed by atoms with Gasteiger partial charge in [-0.3, -0.25) is 0 Å². The van der Waals surface area contributed by atoms with Crippen LogP contribution in [0.2, 0.25) is 0 Å². The van der Waals surface area contributed by atoms with E-state index in [-0.39, 0.29) is 19.8 Å². The zero-order chi connectivity index (χ0) is 33.5. The van der Waals surface area contributed by atoms with Crippen molar-refractivity contribution in [3.05, 3.63) is 179 Å². The second-order valence-corrected chi connectivity index (χ2v) is 12.0. The first-order chi connectivity index (χ1) is 24.2. The van der Waals surface area contributed by atoms with Crippen LogP contribution in [-0.4, -0.2) is 43.3 Å². The second kappa shape index (κ2) is 18.2. The van der Waals surface area contributed by atoms with E-state index in [1.54, 1.807) is 0 Å². The van der Waals surface area contributed by atoms with Crippen LogP contribution in [0.1, 0.15) is 27.8 Å². The van der Waals surface area contributed by atoms with E-state index in [0.29, 0.717) is 18.8 Å². The van der Waals surface area contributed by atoms with Crippen molar-refractivity contribution in [3.8, 4) is 11.8 Å². The predicted octanol–water partition coefficient (Wildman–Crippen LogP) is 8.12. The number of rotatable bonds is 14. The van der Waals surface area contributed by atoms with Gasteiger partial charge in [-0.1, -0.05) is 151 Å². The molecule has 0 radical (unpaired) electrons. The third-order valence-electron chi connectivity index (χ3n) is 8.34. The van der Waals surface area contributed by atoms with Gasteiger partial charge in [-0.2, -0.15) is 0 Å². The smallest absolute Gasteiger partial charge is 0.189 e. The first-order valence-electron chi connectivity index (χ1n) is 16.7. The summed E-state index contributed by atoms with van der Waals surface area (Å²) in [5, 5.41) is 0. The van der Waals surface area contributed by atoms with Crippen molar-refractivity contribution in [2.45, 2.75) is 63.1 Å². The van der Waals surface area contributed by atoms with Gasteiger partial charge in [0.25, 0.3) is 0 Å². The molecular formula is C43H41FO5. The van der Waals surface area contributed by atoms with Crippen molar-refractivity contribution in [1.29, 1.82) is 0 Å². The van der Waals surface area contributed by atoms with E-state index in [1.165, 1.54) is 0 Å². The first-order valence-corrected chi connectivity index (χ1v) is 16.7. The van der Waals surface area contributed by atoms with Crippen LogP contribution in [0.3, 0.4) is 0 Å². The third-order valence-corrected chi connectivity index (χ3v) is 8.34. The first kappa shape index (κ1) is 34.3. The van der Waals surface area contributed by atoms with Crippen molar-refractivity contribution < 1.29 is 28.1 Å². The Hall–Kier alpha value is -4.61. The van der Waals surface area contributed by atoms with Crippen LogP contribution in [0.15, 0.2) is 152 Å². The average Bonchev–Trinajstić information content (AvgIpc) is 3.17. The lowest BCUT2D eigenvalue weighted by Gasteiger charge is -2.46. The molecule has 1 heterocycles. The fourth-order valence-electron chi connectivity index (χ4n) is 5.82. The van der Waals surface area contributed by atoms with Gasteiger partial charge in [0.05, 0.1) is 33.0 Å². The molecule has 6 rings (SSSR count). The SMILES string of the molecule is FC(C#Cc1ccccc1)[C@@H]1OC(COCc2ccccc2)[C@@H](OCc2ccccc2)C(OCc2ccccc2)C1OCc1ccccc1. The van der Waals surface area contributed by atoms with E-state index >= 15 is 4.39 Å². The Bertz CT molecular complexity index is 1710. The molecule has 1 fully saturated rings. The Morgan fingerprint density at radius 1 is 0.510 bits per heavy atom. The minimum Gasteiger partial charge on any atom is -0.374 e. The van der Waals surface area contributed by atoms with Gasteiger partial charge in [-0.05, 0) is 34.4 Å². The number of halogens is 1. The molecule has 4 unspecified atom stereocenters. The number of hydrogen-bond acceptors (Lipinski definition) is 5. The minimum atomic E-state index is -1.68. The summed E-state index contributed by atoms with van der Waals surface area (Å²) in [6.07, 6.45) is -5.65. The van der Waals surface area contributed by atoms with Gasteiger partial charge in [0.2, 0.25) is 0 Å². The van der Waals surface area contributed by atoms with Crippen LogP contribution in [0.4, 0.5) is 4.39 Å². The Balaban J connectivity index is 1.33. The summed E-state index contributed by atoms with van der Waals surface area (Å²) in [4.78, 5) is 0. The van der Waals surface area contributed by atoms with Gasteiger partial charge in [-0.25, -0.2) is 4.39 Å². The maximum Gasteiger partial charge on any atom is 0.189 e. The number of ether oxygens (including phenoxy) is 5. The second-order valence-electron chi connectivity index (χ2n) is 12.0. The van der Waals surface area contributed by atoms with Gasteiger partial charge >= 0.3 is 0 Å². The van der Waals surface area contributed by atoms with Gasteiger partial charge in [0.15, 0.2) is 6.17 Å². The molecule has 5 aromatic carbocycles. The van der Waals surface area contributed by atoms with Gasteiger partial charge in [0.1, 0.15) is 30.5 Å². The molecule has 1 saturated heterocycles. The summed E-state index contributed by atoms with van der Waals surface area (Å²) >= 11 is 0. The van der Waals surface area contributed by atoms with Crippen molar-refractivity contribution in [2.75, 3.05) is 6.61 Å². The lowest BCUT2D eigenvalue weighted by atomic mass is 9.91. The quantitative estimate of drug-likeness (QED) is 0.113. The molecule has 49 heavy (non-hydrogen) atoms. The van der Waals surface area contributed by atoms with E-state index < -0.39 is 36.7 Å². The third kappa shape index (κ3) is 10.2. The minimum absolute atomic E-state index is 0.153. The number of benzene rings is 5. The number of alkyl halides is 1. The predicted molar refractivity (Wildman–Crippen MR) is 188 cm³/mol. The molecule has 1 aliphatic heterocycles. The molecule has 5 aromatic rings. The molecule has 5 nitrogen and oxygen atoms in total. The van der Waals surface area contributed by atoms with E-state index in [0.717, 1.165) is 22.3 Å². The maximum atomic E-state index is 16.5. The topological polar surface area (TPSA) is 46.2 Å². The van der Waals surface area contributed by atoms with E-state index in [2.05, 4.69) is 11.8 Å². The van der Waals surface area contributed by atoms with E-state index in [9.17, 15) is 0 Å². The standard InChI is InChI=1S/C43H41FO5/c44-38(27-26-33-16-6-1-7-17-33)40-42(47-30-36-22-12-4-13-23-36)43(48-31-37-24-14-5-15-25-37)41(46-29-35-20-10-3-11-21-35)39(49-40)32-45-28-34-18-8-2-9-19-34/h1-25,38-43H,28-32H2/t38?,39?,40-,41+,42?,43?/m0/s1. The largest absolute Gasteiger partial charge is 0.374 e. The Kier molecular flexibility index (Phi) is 12.7. The van der Waals surface area contributed by atoms with Gasteiger partial charge in [0, 0.05) is 5.56 Å². The zero-order valence-electron chi connectivity index (χ0n) is 27.4. The molecule has 250 valence electrons. The van der Waals surface area contributed by atoms with Crippen LogP contribution in [0.25, 0.3) is 0 Å². The highest BCUT2D eigenvalue weighted by Gasteiger charge is 2.51. The summed E-state index contributed by atoms with van der Waals surface area (Å²) in [5.41, 5.74) is 4.66. The fraction of sp³-hybridized carbons (Fsp3) is 0.256. The van der Waals surface area contributed by atoms with E-state index in [1.807, 2.05) is 152 Å². The lowest BCUT2D eigenvalue weighted by Crippen LogP contribution is -2.63. The summed E-state index contributed by atoms with van der Waals surface area (Å²) < 4.78 is 49.3. The lowest BCUT2D eigenvalue weighted by molar-refractivity contribution is -0.278. The van der Waals surface area contributed by atoms with Crippen LogP contribution < -0.4 is 0 Å². The normalized spacial score (nSPS) is 21.0. The van der Waals surface area contributed by atoms with Crippen LogP contribution in [-0.2, 0) is 50.1 Å². The fourth-order valence-corrected chi connectivity index (χ4v) is 5.82. The Labute approximate surface area is 288 Å². The van der Waals surface area contributed by atoms with Crippen LogP contribution >= 0.6 is 0 Å². The van der Waals surface area contributed by atoms with E-state index in [4.69, 9.17) is 23.7 Å². The number of hydrogen-bond donors (Lipinski definition) is 0. The highest BCUT2D eigenvalue weighted by molar-refractivity contribution is 5.35. The molecule has 0 spiro atoms. The molecule has 6 atom stereocenters. The maximum absolute atomic E-state index is 16.5. The van der Waals surface area contributed by atoms with Crippen molar-refractivity contribution in [2.24, 2.45) is 0 Å². The summed E-state index contributed by atoms with van der Waals surface area (Å²) in [6.45, 7) is 1.33. The highest BCUT2D eigenvalue weighted by Crippen LogP contribution is 2.33. The van der Waals surface area contributed by atoms with Crippen LogP contribution in [0.5, 0.6) is 0 Å². The summed E-state index contributed by atoms with van der Waals surface area (Å²) in [5.74, 6) is 5.79.